The molecule has 1 fully saturated rings. The van der Waals surface area contributed by atoms with Crippen LogP contribution in [0.25, 0.3) is 6.08 Å². The lowest BCUT2D eigenvalue weighted by Gasteiger charge is -2.33. The van der Waals surface area contributed by atoms with E-state index >= 15 is 0 Å². The molecule has 114 valence electrons. The zero-order valence-electron chi connectivity index (χ0n) is 11.4. The van der Waals surface area contributed by atoms with Crippen LogP contribution in [0.1, 0.15) is 18.4 Å². The molecule has 6 heteroatoms. The first-order chi connectivity index (χ1) is 9.97. The van der Waals surface area contributed by atoms with Gasteiger partial charge in [-0.2, -0.15) is 0 Å². The SMILES string of the molecule is O=C(/C=C/c1ccccc1)N[C@@H](N1CCCC1)C(Cl)(Cl)Cl. The largest absolute Gasteiger partial charge is 0.333 e. The van der Waals surface area contributed by atoms with Crippen LogP contribution in [0.4, 0.5) is 0 Å². The molecule has 0 aliphatic carbocycles. The van der Waals surface area contributed by atoms with Crippen molar-refractivity contribution >= 4 is 46.8 Å². The lowest BCUT2D eigenvalue weighted by molar-refractivity contribution is -0.118. The lowest BCUT2D eigenvalue weighted by Crippen LogP contribution is -2.54. The van der Waals surface area contributed by atoms with Gasteiger partial charge in [-0.25, -0.2) is 0 Å². The third kappa shape index (κ3) is 5.19. The molecular formula is C15H17Cl3N2O. The summed E-state index contributed by atoms with van der Waals surface area (Å²) in [4.78, 5) is 14.0. The molecule has 21 heavy (non-hydrogen) atoms. The summed E-state index contributed by atoms with van der Waals surface area (Å²) in [5, 5.41) is 2.77. The number of hydrogen-bond donors (Lipinski definition) is 1. The van der Waals surface area contributed by atoms with Crippen molar-refractivity contribution in [2.24, 2.45) is 0 Å². The Balaban J connectivity index is 1.99. The Morgan fingerprint density at radius 1 is 1.19 bits per heavy atom. The molecule has 0 aromatic heterocycles. The van der Waals surface area contributed by atoms with Gasteiger partial charge < -0.3 is 5.32 Å². The van der Waals surface area contributed by atoms with Crippen molar-refractivity contribution in [2.45, 2.75) is 22.8 Å². The molecule has 1 atom stereocenters. The summed E-state index contributed by atoms with van der Waals surface area (Å²) in [7, 11) is 0. The molecule has 0 spiro atoms. The van der Waals surface area contributed by atoms with Crippen LogP contribution < -0.4 is 5.32 Å². The van der Waals surface area contributed by atoms with Gasteiger partial charge in [-0.1, -0.05) is 65.1 Å². The second kappa shape index (κ2) is 7.50. The van der Waals surface area contributed by atoms with Gasteiger partial charge in [0.25, 0.3) is 0 Å². The molecular weight excluding hydrogens is 331 g/mol. The van der Waals surface area contributed by atoms with Crippen LogP contribution in [-0.4, -0.2) is 33.9 Å². The minimum atomic E-state index is -1.55. The van der Waals surface area contributed by atoms with Crippen molar-refractivity contribution in [3.63, 3.8) is 0 Å². The number of hydrogen-bond acceptors (Lipinski definition) is 2. The standard InChI is InChI=1S/C15H17Cl3N2O/c16-15(17,18)14(20-10-4-5-11-20)19-13(21)9-8-12-6-2-1-3-7-12/h1-3,6-9,14H,4-5,10-11H2,(H,19,21)/b9-8+/t14-/m0/s1. The molecule has 2 rings (SSSR count). The Bertz CT molecular complexity index is 493. The van der Waals surface area contributed by atoms with Gasteiger partial charge in [-0.05, 0) is 24.5 Å². The third-order valence-electron chi connectivity index (χ3n) is 3.32. The molecule has 3 nitrogen and oxygen atoms in total. The Hall–Kier alpha value is -0.740. The van der Waals surface area contributed by atoms with E-state index in [9.17, 15) is 4.79 Å². The second-order valence-electron chi connectivity index (χ2n) is 4.94. The van der Waals surface area contributed by atoms with Crippen LogP contribution in [0.3, 0.4) is 0 Å². The van der Waals surface area contributed by atoms with E-state index in [-0.39, 0.29) is 5.91 Å². The summed E-state index contributed by atoms with van der Waals surface area (Å²) < 4.78 is -1.55. The molecule has 0 unspecified atom stereocenters. The van der Waals surface area contributed by atoms with Crippen molar-refractivity contribution in [1.82, 2.24) is 10.2 Å². The van der Waals surface area contributed by atoms with Crippen molar-refractivity contribution in [2.75, 3.05) is 13.1 Å². The second-order valence-corrected chi connectivity index (χ2v) is 7.31. The number of carbonyl (C=O) groups excluding carboxylic acids is 1. The van der Waals surface area contributed by atoms with Crippen LogP contribution in [0.2, 0.25) is 0 Å². The summed E-state index contributed by atoms with van der Waals surface area (Å²) >= 11 is 18.0. The smallest absolute Gasteiger partial charge is 0.245 e. The number of nitrogens with one attached hydrogen (secondary N) is 1. The monoisotopic (exact) mass is 346 g/mol. The molecule has 1 aliphatic heterocycles. The van der Waals surface area contributed by atoms with Gasteiger partial charge in [0.2, 0.25) is 9.70 Å². The molecule has 1 amide bonds. The molecule has 1 aromatic carbocycles. The van der Waals surface area contributed by atoms with E-state index in [1.165, 1.54) is 6.08 Å². The number of benzene rings is 1. The summed E-state index contributed by atoms with van der Waals surface area (Å²) in [6.07, 6.45) is 4.67. The topological polar surface area (TPSA) is 32.3 Å². The first-order valence-electron chi connectivity index (χ1n) is 6.81. The summed E-state index contributed by atoms with van der Waals surface area (Å²) in [5.41, 5.74) is 0.944. The molecule has 1 saturated heterocycles. The lowest BCUT2D eigenvalue weighted by atomic mass is 10.2. The Morgan fingerprint density at radius 3 is 2.38 bits per heavy atom. The fourth-order valence-corrected chi connectivity index (χ4v) is 2.88. The molecule has 1 heterocycles. The van der Waals surface area contributed by atoms with Crippen LogP contribution in [-0.2, 0) is 4.79 Å². The zero-order chi connectivity index (χ0) is 15.3. The number of carbonyl (C=O) groups is 1. The first kappa shape index (κ1) is 16.6. The maximum absolute atomic E-state index is 12.0. The minimum Gasteiger partial charge on any atom is -0.333 e. The Labute approximate surface area is 139 Å². The third-order valence-corrected chi connectivity index (χ3v) is 3.94. The van der Waals surface area contributed by atoms with Crippen LogP contribution >= 0.6 is 34.8 Å². The zero-order valence-corrected chi connectivity index (χ0v) is 13.7. The van der Waals surface area contributed by atoms with E-state index in [1.807, 2.05) is 35.2 Å². The van der Waals surface area contributed by atoms with E-state index in [0.29, 0.717) is 0 Å². The van der Waals surface area contributed by atoms with E-state index in [4.69, 9.17) is 34.8 Å². The van der Waals surface area contributed by atoms with Gasteiger partial charge in [0.15, 0.2) is 0 Å². The first-order valence-corrected chi connectivity index (χ1v) is 7.94. The number of likely N-dealkylation sites (tertiary alicyclic amines) is 1. The number of halogens is 3. The Kier molecular flexibility index (Phi) is 5.94. The molecule has 1 N–H and O–H groups in total. The highest BCUT2D eigenvalue weighted by atomic mass is 35.6. The fourth-order valence-electron chi connectivity index (χ4n) is 2.30. The number of rotatable bonds is 4. The van der Waals surface area contributed by atoms with Gasteiger partial charge in [0.1, 0.15) is 6.17 Å². The van der Waals surface area contributed by atoms with Crippen molar-refractivity contribution in [1.29, 1.82) is 0 Å². The summed E-state index contributed by atoms with van der Waals surface area (Å²) in [5.74, 6) is -0.276. The highest BCUT2D eigenvalue weighted by Gasteiger charge is 2.39. The normalized spacial score (nSPS) is 18.0. The van der Waals surface area contributed by atoms with Crippen molar-refractivity contribution in [3.8, 4) is 0 Å². The van der Waals surface area contributed by atoms with E-state index in [0.717, 1.165) is 31.5 Å². The van der Waals surface area contributed by atoms with Gasteiger partial charge in [0.05, 0.1) is 0 Å². The number of amides is 1. The summed E-state index contributed by atoms with van der Waals surface area (Å²) in [6.45, 7) is 1.64. The quantitative estimate of drug-likeness (QED) is 0.666. The molecule has 1 aromatic rings. The van der Waals surface area contributed by atoms with E-state index in [2.05, 4.69) is 5.32 Å². The van der Waals surface area contributed by atoms with Gasteiger partial charge in [-0.3, -0.25) is 9.69 Å². The minimum absolute atomic E-state index is 0.276. The van der Waals surface area contributed by atoms with Gasteiger partial charge in [0, 0.05) is 19.2 Å². The average Bonchev–Trinajstić information content (AvgIpc) is 2.96. The predicted molar refractivity (Wildman–Crippen MR) is 88.5 cm³/mol. The highest BCUT2D eigenvalue weighted by Crippen LogP contribution is 2.33. The van der Waals surface area contributed by atoms with E-state index in [1.54, 1.807) is 6.08 Å². The van der Waals surface area contributed by atoms with Crippen LogP contribution in [0.5, 0.6) is 0 Å². The predicted octanol–water partition coefficient (Wildman–Crippen LogP) is 3.61. The highest BCUT2D eigenvalue weighted by molar-refractivity contribution is 6.68. The van der Waals surface area contributed by atoms with Crippen LogP contribution in [0, 0.1) is 0 Å². The maximum atomic E-state index is 12.0. The van der Waals surface area contributed by atoms with Gasteiger partial charge in [-0.15, -0.1) is 0 Å². The van der Waals surface area contributed by atoms with Crippen molar-refractivity contribution in [3.05, 3.63) is 42.0 Å². The number of alkyl halides is 3. The average molecular weight is 348 g/mol. The maximum Gasteiger partial charge on any atom is 0.245 e. The summed E-state index contributed by atoms with van der Waals surface area (Å²) in [6, 6.07) is 9.56. The fraction of sp³-hybridized carbons (Fsp3) is 0.400. The van der Waals surface area contributed by atoms with E-state index < -0.39 is 9.96 Å². The van der Waals surface area contributed by atoms with Crippen molar-refractivity contribution < 1.29 is 4.79 Å². The molecule has 0 bridgehead atoms. The molecule has 0 saturated carbocycles. The molecule has 1 aliphatic rings. The molecule has 0 radical (unpaired) electrons. The number of nitrogens with zero attached hydrogens (tertiary/aromatic N) is 1. The van der Waals surface area contributed by atoms with Crippen LogP contribution in [0.15, 0.2) is 36.4 Å². The Morgan fingerprint density at radius 2 is 1.81 bits per heavy atom. The van der Waals surface area contributed by atoms with Gasteiger partial charge >= 0.3 is 0 Å².